The van der Waals surface area contributed by atoms with Gasteiger partial charge in [0.1, 0.15) is 22.9 Å². The van der Waals surface area contributed by atoms with E-state index in [1.165, 1.54) is 28.8 Å². The van der Waals surface area contributed by atoms with Crippen LogP contribution < -0.4 is 14.9 Å². The zero-order valence-electron chi connectivity index (χ0n) is 17.0. The van der Waals surface area contributed by atoms with Crippen molar-refractivity contribution >= 4 is 17.6 Å². The molecule has 166 valence electrons. The highest BCUT2D eigenvalue weighted by Crippen LogP contribution is 2.45. The Morgan fingerprint density at radius 2 is 2.03 bits per heavy atom. The van der Waals surface area contributed by atoms with Gasteiger partial charge in [0, 0.05) is 49.6 Å². The van der Waals surface area contributed by atoms with Crippen LogP contribution in [0.5, 0.6) is 11.5 Å². The standard InChI is InChI=1S/C23H19ClFNO6/c1-30-7-4-8-31-21-11-20-14(9-16(21)24)18-10-19(27)15(23(28)29)12-26(18)22(32-20)13-5-2-3-6-17(13)25/h2-3,5-6,9-12,22H,4,7-8H2,1H3,(H,28,29). The number of pyridine rings is 1. The lowest BCUT2D eigenvalue weighted by Gasteiger charge is -2.32. The lowest BCUT2D eigenvalue weighted by molar-refractivity contribution is 0.0693. The van der Waals surface area contributed by atoms with E-state index in [4.69, 9.17) is 25.8 Å². The molecule has 2 aromatic carbocycles. The van der Waals surface area contributed by atoms with Gasteiger partial charge in [-0.3, -0.25) is 4.79 Å². The van der Waals surface area contributed by atoms with E-state index < -0.39 is 29.0 Å². The number of carboxylic acid groups (broad SMARTS) is 1. The Labute approximate surface area is 187 Å². The van der Waals surface area contributed by atoms with Gasteiger partial charge in [-0.2, -0.15) is 0 Å². The van der Waals surface area contributed by atoms with Crippen LogP contribution in [0.1, 0.15) is 28.6 Å². The monoisotopic (exact) mass is 459 g/mol. The molecule has 0 amide bonds. The van der Waals surface area contributed by atoms with E-state index in [1.54, 1.807) is 25.3 Å². The molecular weight excluding hydrogens is 441 g/mol. The Bertz CT molecular complexity index is 1240. The van der Waals surface area contributed by atoms with E-state index in [-0.39, 0.29) is 10.6 Å². The fourth-order valence-electron chi connectivity index (χ4n) is 3.51. The summed E-state index contributed by atoms with van der Waals surface area (Å²) < 4.78 is 32.9. The molecule has 0 saturated carbocycles. The molecule has 1 aliphatic rings. The van der Waals surface area contributed by atoms with Gasteiger partial charge in [0.15, 0.2) is 5.43 Å². The molecule has 1 unspecified atom stereocenters. The van der Waals surface area contributed by atoms with Gasteiger partial charge in [0.2, 0.25) is 6.23 Å². The molecule has 2 heterocycles. The molecule has 4 rings (SSSR count). The molecule has 0 saturated heterocycles. The fourth-order valence-corrected chi connectivity index (χ4v) is 3.73. The van der Waals surface area contributed by atoms with Crippen molar-refractivity contribution in [1.82, 2.24) is 4.57 Å². The Morgan fingerprint density at radius 3 is 2.75 bits per heavy atom. The van der Waals surface area contributed by atoms with Gasteiger partial charge in [-0.25, -0.2) is 9.18 Å². The predicted octanol–water partition coefficient (Wildman–Crippen LogP) is 4.36. The molecule has 1 atom stereocenters. The Balaban J connectivity index is 1.86. The van der Waals surface area contributed by atoms with Crippen LogP contribution in [0, 0.1) is 5.82 Å². The highest BCUT2D eigenvalue weighted by Gasteiger charge is 2.31. The fraction of sp³-hybridized carbons (Fsp3) is 0.217. The van der Waals surface area contributed by atoms with Crippen LogP contribution in [-0.4, -0.2) is 36.0 Å². The van der Waals surface area contributed by atoms with E-state index in [0.717, 1.165) is 6.20 Å². The molecule has 1 aliphatic heterocycles. The van der Waals surface area contributed by atoms with Crippen molar-refractivity contribution in [2.75, 3.05) is 20.3 Å². The number of aromatic nitrogens is 1. The van der Waals surface area contributed by atoms with Gasteiger partial charge in [-0.05, 0) is 12.1 Å². The number of hydrogen-bond acceptors (Lipinski definition) is 5. The summed E-state index contributed by atoms with van der Waals surface area (Å²) in [6, 6.07) is 10.3. The first-order valence-electron chi connectivity index (χ1n) is 9.77. The maximum atomic E-state index is 14.6. The highest BCUT2D eigenvalue weighted by atomic mass is 35.5. The van der Waals surface area contributed by atoms with Crippen molar-refractivity contribution in [1.29, 1.82) is 0 Å². The second-order valence-electron chi connectivity index (χ2n) is 7.11. The average Bonchev–Trinajstić information content (AvgIpc) is 2.76. The lowest BCUT2D eigenvalue weighted by atomic mass is 10.0. The van der Waals surface area contributed by atoms with Crippen molar-refractivity contribution in [3.05, 3.63) is 80.9 Å². The Kier molecular flexibility index (Phi) is 6.16. The number of aromatic carboxylic acids is 1. The van der Waals surface area contributed by atoms with Gasteiger partial charge in [0.05, 0.1) is 17.3 Å². The summed E-state index contributed by atoms with van der Waals surface area (Å²) in [5, 5.41) is 9.69. The van der Waals surface area contributed by atoms with Crippen molar-refractivity contribution < 1.29 is 28.5 Å². The summed E-state index contributed by atoms with van der Waals surface area (Å²) in [6.45, 7) is 0.887. The topological polar surface area (TPSA) is 87.0 Å². The van der Waals surface area contributed by atoms with Crippen LogP contribution in [0.3, 0.4) is 0 Å². The van der Waals surface area contributed by atoms with Crippen LogP contribution in [0.4, 0.5) is 4.39 Å². The van der Waals surface area contributed by atoms with E-state index in [9.17, 15) is 19.1 Å². The number of hydrogen-bond donors (Lipinski definition) is 1. The number of fused-ring (bicyclic) bond motifs is 3. The number of carboxylic acids is 1. The van der Waals surface area contributed by atoms with Crippen LogP contribution in [-0.2, 0) is 4.74 Å². The minimum absolute atomic E-state index is 0.178. The van der Waals surface area contributed by atoms with Crippen molar-refractivity contribution in [3.63, 3.8) is 0 Å². The van der Waals surface area contributed by atoms with E-state index in [2.05, 4.69) is 0 Å². The Morgan fingerprint density at radius 1 is 1.25 bits per heavy atom. The maximum absolute atomic E-state index is 14.6. The number of halogens is 2. The third kappa shape index (κ3) is 4.06. The highest BCUT2D eigenvalue weighted by molar-refractivity contribution is 6.32. The zero-order valence-corrected chi connectivity index (χ0v) is 17.8. The molecule has 0 radical (unpaired) electrons. The molecule has 0 bridgehead atoms. The van der Waals surface area contributed by atoms with Crippen LogP contribution >= 0.6 is 11.6 Å². The number of ether oxygens (including phenoxy) is 3. The number of rotatable bonds is 7. The van der Waals surface area contributed by atoms with Gasteiger partial charge in [-0.15, -0.1) is 0 Å². The van der Waals surface area contributed by atoms with Crippen LogP contribution in [0.15, 0.2) is 53.5 Å². The average molecular weight is 460 g/mol. The van der Waals surface area contributed by atoms with E-state index in [1.807, 2.05) is 0 Å². The minimum Gasteiger partial charge on any atom is -0.492 e. The SMILES string of the molecule is COCCCOc1cc2c(cc1Cl)-c1cc(=O)c(C(=O)O)cn1C(c1ccccc1F)O2. The van der Waals surface area contributed by atoms with Crippen LogP contribution in [0.25, 0.3) is 11.3 Å². The first-order valence-corrected chi connectivity index (χ1v) is 10.1. The third-order valence-corrected chi connectivity index (χ3v) is 5.33. The zero-order chi connectivity index (χ0) is 22.8. The van der Waals surface area contributed by atoms with Gasteiger partial charge in [0.25, 0.3) is 0 Å². The molecule has 0 aliphatic carbocycles. The van der Waals surface area contributed by atoms with E-state index in [0.29, 0.717) is 42.4 Å². The van der Waals surface area contributed by atoms with Crippen LogP contribution in [0.2, 0.25) is 5.02 Å². The molecule has 0 fully saturated rings. The number of methoxy groups -OCH3 is 1. The lowest BCUT2D eigenvalue weighted by Crippen LogP contribution is -2.28. The summed E-state index contributed by atoms with van der Waals surface area (Å²) in [5.41, 5.74) is -0.147. The predicted molar refractivity (Wildman–Crippen MR) is 115 cm³/mol. The summed E-state index contributed by atoms with van der Waals surface area (Å²) >= 11 is 6.39. The molecule has 1 aromatic heterocycles. The summed E-state index contributed by atoms with van der Waals surface area (Å²) in [6.07, 6.45) is 0.766. The summed E-state index contributed by atoms with van der Waals surface area (Å²) in [7, 11) is 1.59. The normalized spacial score (nSPS) is 14.3. The van der Waals surface area contributed by atoms with Gasteiger partial charge >= 0.3 is 5.97 Å². The van der Waals surface area contributed by atoms with Crippen molar-refractivity contribution in [2.24, 2.45) is 0 Å². The van der Waals surface area contributed by atoms with Crippen molar-refractivity contribution in [2.45, 2.75) is 12.6 Å². The second-order valence-corrected chi connectivity index (χ2v) is 7.52. The van der Waals surface area contributed by atoms with Gasteiger partial charge in [-0.1, -0.05) is 29.8 Å². The molecular formula is C23H19ClFNO6. The molecule has 1 N–H and O–H groups in total. The summed E-state index contributed by atoms with van der Waals surface area (Å²) in [4.78, 5) is 24.0. The van der Waals surface area contributed by atoms with Crippen molar-refractivity contribution in [3.8, 4) is 22.8 Å². The molecule has 0 spiro atoms. The second kappa shape index (κ2) is 9.02. The largest absolute Gasteiger partial charge is 0.492 e. The van der Waals surface area contributed by atoms with E-state index >= 15 is 0 Å². The van der Waals surface area contributed by atoms with Gasteiger partial charge < -0.3 is 23.9 Å². The minimum atomic E-state index is -1.39. The number of benzene rings is 2. The molecule has 7 nitrogen and oxygen atoms in total. The molecule has 32 heavy (non-hydrogen) atoms. The Hall–Kier alpha value is -3.36. The molecule has 9 heteroatoms. The maximum Gasteiger partial charge on any atom is 0.341 e. The molecule has 3 aromatic rings. The summed E-state index contributed by atoms with van der Waals surface area (Å²) in [5.74, 6) is -1.23. The third-order valence-electron chi connectivity index (χ3n) is 5.03. The first kappa shape index (κ1) is 21.9. The quantitative estimate of drug-likeness (QED) is 0.528. The number of nitrogens with zero attached hydrogens (tertiary/aromatic N) is 1. The first-order chi connectivity index (χ1) is 15.4. The number of carbonyl (C=O) groups is 1. The smallest absolute Gasteiger partial charge is 0.341 e.